The average molecular weight is 356 g/mol. The summed E-state index contributed by atoms with van der Waals surface area (Å²) in [7, 11) is 1.28. The molecule has 2 aromatic rings. The Morgan fingerprint density at radius 3 is 2.77 bits per heavy atom. The molecule has 1 heterocycles. The number of amides is 2. The summed E-state index contributed by atoms with van der Waals surface area (Å²) in [6.45, 7) is 6.58. The lowest BCUT2D eigenvalue weighted by molar-refractivity contribution is 0.173. The van der Waals surface area contributed by atoms with Gasteiger partial charge in [-0.2, -0.15) is 0 Å². The number of nitrogens with zero attached hydrogens (tertiary/aromatic N) is 2. The molecule has 0 saturated carbocycles. The van der Waals surface area contributed by atoms with Crippen LogP contribution in [0.1, 0.15) is 49.9 Å². The molecule has 26 heavy (non-hydrogen) atoms. The SMILES string of the molecule is COC(=O)n1cnc(NC(=O)NC2CCc3cc(C(C)(C)C)ccc32)c1. The Morgan fingerprint density at radius 2 is 2.08 bits per heavy atom. The Morgan fingerprint density at radius 1 is 1.31 bits per heavy atom. The number of hydrogen-bond acceptors (Lipinski definition) is 4. The first-order valence-electron chi connectivity index (χ1n) is 8.61. The molecular formula is C19H24N4O3. The molecule has 0 aliphatic heterocycles. The van der Waals surface area contributed by atoms with Crippen molar-refractivity contribution >= 4 is 17.9 Å². The topological polar surface area (TPSA) is 85.2 Å². The zero-order chi connectivity index (χ0) is 18.9. The fraction of sp³-hybridized carbons (Fsp3) is 0.421. The molecule has 3 rings (SSSR count). The Labute approximate surface area is 152 Å². The Balaban J connectivity index is 1.65. The second kappa shape index (κ2) is 6.82. The molecule has 0 bridgehead atoms. The number of aryl methyl sites for hydroxylation is 1. The molecule has 2 amide bonds. The fourth-order valence-electron chi connectivity index (χ4n) is 3.14. The van der Waals surface area contributed by atoms with Gasteiger partial charge in [0.25, 0.3) is 0 Å². The van der Waals surface area contributed by atoms with Crippen LogP contribution < -0.4 is 10.6 Å². The third kappa shape index (κ3) is 3.71. The summed E-state index contributed by atoms with van der Waals surface area (Å²) >= 11 is 0. The van der Waals surface area contributed by atoms with Crippen molar-refractivity contribution in [1.29, 1.82) is 0 Å². The standard InChI is InChI=1S/C19H24N4O3/c1-19(2,3)13-6-7-14-12(9-13)5-8-15(14)21-17(24)22-16-10-23(11-20-16)18(25)26-4/h6-7,9-11,15H,5,8H2,1-4H3,(H2,21,22,24). The van der Waals surface area contributed by atoms with Crippen molar-refractivity contribution < 1.29 is 14.3 Å². The van der Waals surface area contributed by atoms with E-state index in [1.807, 2.05) is 0 Å². The number of rotatable bonds is 2. The number of anilines is 1. The van der Waals surface area contributed by atoms with E-state index in [0.29, 0.717) is 0 Å². The maximum Gasteiger partial charge on any atom is 0.419 e. The van der Waals surface area contributed by atoms with E-state index in [4.69, 9.17) is 0 Å². The van der Waals surface area contributed by atoms with Crippen molar-refractivity contribution in [1.82, 2.24) is 14.9 Å². The molecule has 1 aromatic carbocycles. The highest BCUT2D eigenvalue weighted by molar-refractivity contribution is 5.89. The second-order valence-electron chi connectivity index (χ2n) is 7.49. The van der Waals surface area contributed by atoms with Gasteiger partial charge in [-0.25, -0.2) is 19.1 Å². The average Bonchev–Trinajstić information content (AvgIpc) is 3.20. The van der Waals surface area contributed by atoms with Gasteiger partial charge >= 0.3 is 12.1 Å². The lowest BCUT2D eigenvalue weighted by Crippen LogP contribution is -2.31. The van der Waals surface area contributed by atoms with E-state index >= 15 is 0 Å². The fourth-order valence-corrected chi connectivity index (χ4v) is 3.14. The molecule has 0 saturated heterocycles. The maximum atomic E-state index is 12.3. The van der Waals surface area contributed by atoms with Crippen LogP contribution in [0, 0.1) is 0 Å². The third-order valence-electron chi connectivity index (χ3n) is 4.60. The lowest BCUT2D eigenvalue weighted by Gasteiger charge is -2.21. The number of fused-ring (bicyclic) bond motifs is 1. The first kappa shape index (κ1) is 18.0. The first-order chi connectivity index (χ1) is 12.3. The number of ether oxygens (including phenoxy) is 1. The molecule has 1 aliphatic rings. The van der Waals surface area contributed by atoms with Gasteiger partial charge < -0.3 is 10.1 Å². The Bertz CT molecular complexity index is 836. The number of methoxy groups -OCH3 is 1. The van der Waals surface area contributed by atoms with Crippen molar-refractivity contribution in [3.05, 3.63) is 47.4 Å². The van der Waals surface area contributed by atoms with Gasteiger partial charge in [0.1, 0.15) is 6.33 Å². The van der Waals surface area contributed by atoms with E-state index in [9.17, 15) is 9.59 Å². The predicted octanol–water partition coefficient (Wildman–Crippen LogP) is 3.60. The molecule has 7 nitrogen and oxygen atoms in total. The zero-order valence-corrected chi connectivity index (χ0v) is 15.5. The van der Waals surface area contributed by atoms with Gasteiger partial charge in [0.15, 0.2) is 5.82 Å². The zero-order valence-electron chi connectivity index (χ0n) is 15.5. The molecule has 1 aromatic heterocycles. The molecule has 138 valence electrons. The van der Waals surface area contributed by atoms with Gasteiger partial charge in [-0.3, -0.25) is 5.32 Å². The largest absolute Gasteiger partial charge is 0.452 e. The van der Waals surface area contributed by atoms with Gasteiger partial charge in [0.05, 0.1) is 19.3 Å². The molecule has 0 radical (unpaired) electrons. The summed E-state index contributed by atoms with van der Waals surface area (Å²) in [5.74, 6) is 0.286. The summed E-state index contributed by atoms with van der Waals surface area (Å²) in [4.78, 5) is 27.6. The van der Waals surface area contributed by atoms with Crippen LogP contribution in [-0.4, -0.2) is 28.8 Å². The lowest BCUT2D eigenvalue weighted by atomic mass is 9.85. The van der Waals surface area contributed by atoms with Gasteiger partial charge in [-0.05, 0) is 34.9 Å². The van der Waals surface area contributed by atoms with Crippen LogP contribution in [0.2, 0.25) is 0 Å². The number of carbonyl (C=O) groups excluding carboxylic acids is 2. The molecule has 7 heteroatoms. The molecule has 1 unspecified atom stereocenters. The summed E-state index contributed by atoms with van der Waals surface area (Å²) < 4.78 is 5.75. The number of carbonyl (C=O) groups is 2. The number of nitrogens with one attached hydrogen (secondary N) is 2. The molecule has 1 aliphatic carbocycles. The summed E-state index contributed by atoms with van der Waals surface area (Å²) in [5, 5.41) is 5.62. The summed E-state index contributed by atoms with van der Waals surface area (Å²) in [5.41, 5.74) is 3.86. The van der Waals surface area contributed by atoms with Crippen molar-refractivity contribution in [2.75, 3.05) is 12.4 Å². The highest BCUT2D eigenvalue weighted by atomic mass is 16.5. The highest BCUT2D eigenvalue weighted by Gasteiger charge is 2.26. The monoisotopic (exact) mass is 356 g/mol. The van der Waals surface area contributed by atoms with Crippen molar-refractivity contribution in [2.24, 2.45) is 0 Å². The summed E-state index contributed by atoms with van der Waals surface area (Å²) in [6, 6.07) is 6.11. The van der Waals surface area contributed by atoms with Gasteiger partial charge in [0, 0.05) is 0 Å². The van der Waals surface area contributed by atoms with Crippen LogP contribution in [0.25, 0.3) is 0 Å². The van der Waals surface area contributed by atoms with Gasteiger partial charge in [-0.1, -0.05) is 39.0 Å². The van der Waals surface area contributed by atoms with Crippen LogP contribution in [0.4, 0.5) is 15.4 Å². The van der Waals surface area contributed by atoms with Crippen molar-refractivity contribution in [3.63, 3.8) is 0 Å². The smallest absolute Gasteiger partial charge is 0.419 e. The quantitative estimate of drug-likeness (QED) is 0.861. The molecule has 0 spiro atoms. The third-order valence-corrected chi connectivity index (χ3v) is 4.60. The van der Waals surface area contributed by atoms with Crippen molar-refractivity contribution in [3.8, 4) is 0 Å². The van der Waals surface area contributed by atoms with E-state index in [-0.39, 0.29) is 23.3 Å². The number of hydrogen-bond donors (Lipinski definition) is 2. The minimum absolute atomic E-state index is 0.0262. The number of imidazole rings is 1. The molecular weight excluding hydrogens is 332 g/mol. The Kier molecular flexibility index (Phi) is 4.71. The minimum Gasteiger partial charge on any atom is -0.452 e. The summed E-state index contributed by atoms with van der Waals surface area (Å²) in [6.07, 6.45) is 3.95. The van der Waals surface area contributed by atoms with Crippen molar-refractivity contribution in [2.45, 2.75) is 45.1 Å². The first-order valence-corrected chi connectivity index (χ1v) is 8.61. The number of aromatic nitrogens is 2. The molecule has 1 atom stereocenters. The number of urea groups is 1. The van der Waals surface area contributed by atoms with E-state index < -0.39 is 6.09 Å². The minimum atomic E-state index is -0.565. The normalized spacial score (nSPS) is 16.1. The molecule has 2 N–H and O–H groups in total. The Hall–Kier alpha value is -2.83. The van der Waals surface area contributed by atoms with E-state index in [1.54, 1.807) is 0 Å². The predicted molar refractivity (Wildman–Crippen MR) is 98.4 cm³/mol. The van der Waals surface area contributed by atoms with Gasteiger partial charge in [-0.15, -0.1) is 0 Å². The molecule has 0 fully saturated rings. The van der Waals surface area contributed by atoms with Crippen LogP contribution in [-0.2, 0) is 16.6 Å². The van der Waals surface area contributed by atoms with E-state index in [1.165, 1.54) is 30.8 Å². The second-order valence-corrected chi connectivity index (χ2v) is 7.49. The van der Waals surface area contributed by atoms with Crippen LogP contribution >= 0.6 is 0 Å². The number of benzene rings is 1. The van der Waals surface area contributed by atoms with Crippen LogP contribution in [0.15, 0.2) is 30.7 Å². The van der Waals surface area contributed by atoms with E-state index in [0.717, 1.165) is 23.0 Å². The van der Waals surface area contributed by atoms with Crippen LogP contribution in [0.5, 0.6) is 0 Å². The van der Waals surface area contributed by atoms with Gasteiger partial charge in [0.2, 0.25) is 0 Å². The van der Waals surface area contributed by atoms with Crippen LogP contribution in [0.3, 0.4) is 0 Å². The van der Waals surface area contributed by atoms with E-state index in [2.05, 4.69) is 59.3 Å². The maximum absolute atomic E-state index is 12.3. The highest BCUT2D eigenvalue weighted by Crippen LogP contribution is 2.34.